The van der Waals surface area contributed by atoms with Crippen LogP contribution in [0.5, 0.6) is 0 Å². The molecule has 0 unspecified atom stereocenters. The summed E-state index contributed by atoms with van der Waals surface area (Å²) in [4.78, 5) is 28.4. The molecule has 0 bridgehead atoms. The molecule has 0 N–H and O–H groups in total. The van der Waals surface area contributed by atoms with E-state index < -0.39 is 0 Å². The average Bonchev–Trinajstić information content (AvgIpc) is 3.22. The number of benzene rings is 2. The Bertz CT molecular complexity index is 1330. The summed E-state index contributed by atoms with van der Waals surface area (Å²) in [5, 5.41) is 0.639. The topological polar surface area (TPSA) is 76.5 Å². The lowest BCUT2D eigenvalue weighted by atomic mass is 10.0. The molecule has 5 rings (SSSR count). The third-order valence-corrected chi connectivity index (χ3v) is 6.25. The van der Waals surface area contributed by atoms with E-state index in [0.717, 1.165) is 37.1 Å². The molecule has 31 heavy (non-hydrogen) atoms. The fourth-order valence-electron chi connectivity index (χ4n) is 4.42. The Morgan fingerprint density at radius 2 is 1.84 bits per heavy atom. The summed E-state index contributed by atoms with van der Waals surface area (Å²) >= 11 is 0. The van der Waals surface area contributed by atoms with Gasteiger partial charge in [-0.2, -0.15) is 4.98 Å². The van der Waals surface area contributed by atoms with E-state index in [9.17, 15) is 4.79 Å². The number of rotatable bonds is 4. The number of aromatic nitrogens is 3. The van der Waals surface area contributed by atoms with E-state index in [4.69, 9.17) is 4.42 Å². The highest BCUT2D eigenvalue weighted by atomic mass is 16.4. The number of piperidine rings is 1. The second-order valence-corrected chi connectivity index (χ2v) is 8.39. The zero-order valence-corrected chi connectivity index (χ0v) is 17.8. The van der Waals surface area contributed by atoms with Gasteiger partial charge in [-0.25, -0.2) is 9.98 Å². The summed E-state index contributed by atoms with van der Waals surface area (Å²) in [6.07, 6.45) is 3.65. The first-order chi connectivity index (χ1) is 15.0. The summed E-state index contributed by atoms with van der Waals surface area (Å²) in [7, 11) is 0. The molecule has 1 aliphatic rings. The lowest BCUT2D eigenvalue weighted by Gasteiger charge is -2.35. The van der Waals surface area contributed by atoms with Crippen LogP contribution in [0.3, 0.4) is 0 Å². The van der Waals surface area contributed by atoms with Crippen LogP contribution < -0.4 is 5.56 Å². The maximum atomic E-state index is 13.3. The lowest BCUT2D eigenvalue weighted by Crippen LogP contribution is -2.40. The maximum Gasteiger partial charge on any atom is 0.322 e. The van der Waals surface area contributed by atoms with E-state index >= 15 is 0 Å². The Morgan fingerprint density at radius 3 is 2.58 bits per heavy atom. The van der Waals surface area contributed by atoms with Gasteiger partial charge >= 0.3 is 6.01 Å². The number of likely N-dealkylation sites (tertiary alicyclic amines) is 1. The highest BCUT2D eigenvalue weighted by Gasteiger charge is 2.23. The SMILES string of the molecule is C=Nc1nc2cc(-c3ccc4ncn(C5CCN(C(C)C)CC5)c(=O)c4c3)ccc2o1. The molecule has 0 saturated carbocycles. The second kappa shape index (κ2) is 7.74. The minimum atomic E-state index is 0.0236. The molecule has 4 aromatic rings. The van der Waals surface area contributed by atoms with Crippen molar-refractivity contribution in [2.45, 2.75) is 38.8 Å². The lowest BCUT2D eigenvalue weighted by molar-refractivity contribution is 0.150. The molecule has 0 amide bonds. The Labute approximate surface area is 180 Å². The fourth-order valence-corrected chi connectivity index (χ4v) is 4.42. The van der Waals surface area contributed by atoms with Gasteiger partial charge in [-0.15, -0.1) is 0 Å². The van der Waals surface area contributed by atoms with Crippen LogP contribution in [0.2, 0.25) is 0 Å². The van der Waals surface area contributed by atoms with Gasteiger partial charge in [0.05, 0.1) is 17.2 Å². The van der Waals surface area contributed by atoms with Crippen molar-refractivity contribution >= 4 is 34.7 Å². The minimum Gasteiger partial charge on any atom is -0.422 e. The molecular formula is C24H25N5O2. The predicted molar refractivity (Wildman–Crippen MR) is 123 cm³/mol. The van der Waals surface area contributed by atoms with Gasteiger partial charge < -0.3 is 9.32 Å². The summed E-state index contributed by atoms with van der Waals surface area (Å²) < 4.78 is 7.32. The smallest absolute Gasteiger partial charge is 0.322 e. The van der Waals surface area contributed by atoms with Crippen molar-refractivity contribution < 1.29 is 4.42 Å². The Balaban J connectivity index is 1.51. The molecule has 0 atom stereocenters. The Kier molecular flexibility index (Phi) is 4.90. The van der Waals surface area contributed by atoms with Crippen LogP contribution in [0.4, 0.5) is 6.01 Å². The molecule has 7 heteroatoms. The summed E-state index contributed by atoms with van der Waals surface area (Å²) in [5.74, 6) is 0. The highest BCUT2D eigenvalue weighted by Crippen LogP contribution is 2.29. The van der Waals surface area contributed by atoms with Crippen LogP contribution in [0.15, 0.2) is 56.9 Å². The zero-order chi connectivity index (χ0) is 21.5. The van der Waals surface area contributed by atoms with Crippen molar-refractivity contribution in [2.75, 3.05) is 13.1 Å². The standard InChI is InChI=1S/C24H25N5O2/c1-15(2)28-10-8-18(9-11-28)29-14-26-20-6-4-16(12-19(20)23(29)30)17-5-7-22-21(13-17)27-24(25-3)31-22/h4-7,12-15,18H,3,8-11H2,1-2H3. The first-order valence-electron chi connectivity index (χ1n) is 10.7. The molecule has 3 heterocycles. The van der Waals surface area contributed by atoms with Gasteiger partial charge in [-0.3, -0.25) is 9.36 Å². The average molecular weight is 415 g/mol. The molecule has 0 radical (unpaired) electrons. The number of hydrogen-bond acceptors (Lipinski definition) is 6. The number of nitrogens with zero attached hydrogens (tertiary/aromatic N) is 5. The first kappa shape index (κ1) is 19.6. The van der Waals surface area contributed by atoms with E-state index in [1.54, 1.807) is 6.33 Å². The van der Waals surface area contributed by atoms with Gasteiger partial charge in [0.25, 0.3) is 5.56 Å². The van der Waals surface area contributed by atoms with Gasteiger partial charge in [0.1, 0.15) is 5.52 Å². The third kappa shape index (κ3) is 3.55. The quantitative estimate of drug-likeness (QED) is 0.456. The predicted octanol–water partition coefficient (Wildman–Crippen LogP) is 4.58. The van der Waals surface area contributed by atoms with Gasteiger partial charge in [0.2, 0.25) is 0 Å². The van der Waals surface area contributed by atoms with Gasteiger partial charge in [0.15, 0.2) is 5.58 Å². The molecule has 2 aromatic carbocycles. The summed E-state index contributed by atoms with van der Waals surface area (Å²) in [5.41, 5.74) is 4.00. The van der Waals surface area contributed by atoms with Crippen molar-refractivity contribution in [3.63, 3.8) is 0 Å². The van der Waals surface area contributed by atoms with Crippen LogP contribution in [-0.2, 0) is 0 Å². The van der Waals surface area contributed by atoms with E-state index in [1.165, 1.54) is 0 Å². The Morgan fingerprint density at radius 1 is 1.10 bits per heavy atom. The largest absolute Gasteiger partial charge is 0.422 e. The van der Waals surface area contributed by atoms with E-state index in [2.05, 4.69) is 40.4 Å². The highest BCUT2D eigenvalue weighted by molar-refractivity contribution is 5.87. The van der Waals surface area contributed by atoms with Crippen LogP contribution in [-0.4, -0.2) is 45.3 Å². The molecule has 0 spiro atoms. The molecule has 7 nitrogen and oxygen atoms in total. The first-order valence-corrected chi connectivity index (χ1v) is 10.7. The van der Waals surface area contributed by atoms with Crippen LogP contribution >= 0.6 is 0 Å². The fraction of sp³-hybridized carbons (Fsp3) is 0.333. The molecule has 1 fully saturated rings. The molecule has 0 aliphatic carbocycles. The number of hydrogen-bond donors (Lipinski definition) is 0. The van der Waals surface area contributed by atoms with Crippen LogP contribution in [0, 0.1) is 0 Å². The number of aliphatic imine (C=N–C) groups is 1. The number of fused-ring (bicyclic) bond motifs is 2. The molecule has 2 aromatic heterocycles. The van der Waals surface area contributed by atoms with Gasteiger partial charge in [0, 0.05) is 25.2 Å². The van der Waals surface area contributed by atoms with Gasteiger partial charge in [-0.1, -0.05) is 12.1 Å². The minimum absolute atomic E-state index is 0.0236. The van der Waals surface area contributed by atoms with E-state index in [-0.39, 0.29) is 17.6 Å². The van der Waals surface area contributed by atoms with Crippen molar-refractivity contribution in [2.24, 2.45) is 4.99 Å². The monoisotopic (exact) mass is 415 g/mol. The van der Waals surface area contributed by atoms with Crippen molar-refractivity contribution in [1.82, 2.24) is 19.4 Å². The van der Waals surface area contributed by atoms with E-state index in [0.29, 0.717) is 28.0 Å². The molecule has 1 saturated heterocycles. The van der Waals surface area contributed by atoms with Crippen molar-refractivity contribution in [3.05, 3.63) is 53.1 Å². The van der Waals surface area contributed by atoms with Crippen molar-refractivity contribution in [1.29, 1.82) is 0 Å². The number of oxazole rings is 1. The summed E-state index contributed by atoms with van der Waals surface area (Å²) in [6.45, 7) is 9.91. The molecular weight excluding hydrogens is 390 g/mol. The van der Waals surface area contributed by atoms with E-state index in [1.807, 2.05) is 41.0 Å². The Hall–Kier alpha value is -3.32. The van der Waals surface area contributed by atoms with Crippen LogP contribution in [0.1, 0.15) is 32.7 Å². The zero-order valence-electron chi connectivity index (χ0n) is 17.8. The molecule has 158 valence electrons. The van der Waals surface area contributed by atoms with Crippen LogP contribution in [0.25, 0.3) is 33.1 Å². The normalized spacial score (nSPS) is 15.8. The van der Waals surface area contributed by atoms with Gasteiger partial charge in [-0.05, 0) is 68.8 Å². The molecule has 1 aliphatic heterocycles. The maximum absolute atomic E-state index is 13.3. The third-order valence-electron chi connectivity index (χ3n) is 6.25. The summed E-state index contributed by atoms with van der Waals surface area (Å²) in [6, 6.07) is 12.5. The second-order valence-electron chi connectivity index (χ2n) is 8.39. The van der Waals surface area contributed by atoms with Crippen molar-refractivity contribution in [3.8, 4) is 11.1 Å².